The summed E-state index contributed by atoms with van der Waals surface area (Å²) < 4.78 is 0. The van der Waals surface area contributed by atoms with Crippen molar-refractivity contribution in [2.45, 2.75) is 30.9 Å². The monoisotopic (exact) mass is 200 g/mol. The zero-order valence-corrected chi connectivity index (χ0v) is 8.10. The number of carboxylic acid groups (broad SMARTS) is 1. The quantitative estimate of drug-likeness (QED) is 0.730. The van der Waals surface area contributed by atoms with Crippen LogP contribution in [0.25, 0.3) is 0 Å². The highest BCUT2D eigenvalue weighted by molar-refractivity contribution is 8.00. The summed E-state index contributed by atoms with van der Waals surface area (Å²) in [4.78, 5) is 22.0. The molecule has 1 saturated carbocycles. The van der Waals surface area contributed by atoms with Gasteiger partial charge in [0.2, 0.25) is 0 Å². The Balaban J connectivity index is 2.14. The maximum atomic E-state index is 11.1. The molecule has 72 valence electrons. The first-order valence-corrected chi connectivity index (χ1v) is 5.57. The van der Waals surface area contributed by atoms with Crippen LogP contribution in [0.1, 0.15) is 25.7 Å². The van der Waals surface area contributed by atoms with E-state index in [4.69, 9.17) is 5.11 Å². The summed E-state index contributed by atoms with van der Waals surface area (Å²) in [6, 6.07) is 0. The van der Waals surface area contributed by atoms with E-state index in [0.717, 1.165) is 18.6 Å². The molecule has 2 aliphatic rings. The molecular formula is C9H12O3S. The SMILES string of the molecule is O=C1CC(C(=O)O)(C2CCCS2)C1. The van der Waals surface area contributed by atoms with Gasteiger partial charge >= 0.3 is 5.97 Å². The van der Waals surface area contributed by atoms with E-state index in [0.29, 0.717) is 0 Å². The third-order valence-electron chi connectivity index (χ3n) is 3.00. The molecule has 2 rings (SSSR count). The van der Waals surface area contributed by atoms with Crippen molar-refractivity contribution >= 4 is 23.5 Å². The van der Waals surface area contributed by atoms with E-state index in [1.807, 2.05) is 0 Å². The molecule has 1 unspecified atom stereocenters. The van der Waals surface area contributed by atoms with Gasteiger partial charge < -0.3 is 5.11 Å². The van der Waals surface area contributed by atoms with E-state index in [1.165, 1.54) is 0 Å². The van der Waals surface area contributed by atoms with Crippen LogP contribution in [0.5, 0.6) is 0 Å². The molecule has 0 bridgehead atoms. The molecule has 1 aliphatic carbocycles. The smallest absolute Gasteiger partial charge is 0.311 e. The third kappa shape index (κ3) is 1.27. The molecule has 1 N–H and O–H groups in total. The van der Waals surface area contributed by atoms with Gasteiger partial charge in [-0.1, -0.05) is 0 Å². The number of carbonyl (C=O) groups excluding carboxylic acids is 1. The molecule has 0 aromatic rings. The summed E-state index contributed by atoms with van der Waals surface area (Å²) in [6.45, 7) is 0. The Labute approximate surface area is 80.9 Å². The van der Waals surface area contributed by atoms with Gasteiger partial charge in [0.05, 0.1) is 5.41 Å². The van der Waals surface area contributed by atoms with Gasteiger partial charge in [-0.3, -0.25) is 9.59 Å². The number of carbonyl (C=O) groups is 2. The van der Waals surface area contributed by atoms with Crippen LogP contribution >= 0.6 is 11.8 Å². The predicted octanol–water partition coefficient (Wildman–Crippen LogP) is 1.32. The summed E-state index contributed by atoms with van der Waals surface area (Å²) in [5, 5.41) is 9.28. The number of aliphatic carboxylic acids is 1. The summed E-state index contributed by atoms with van der Waals surface area (Å²) in [6.07, 6.45) is 2.59. The number of rotatable bonds is 2. The first-order chi connectivity index (χ1) is 6.15. The van der Waals surface area contributed by atoms with Crippen LogP contribution in [0.2, 0.25) is 0 Å². The highest BCUT2D eigenvalue weighted by atomic mass is 32.2. The van der Waals surface area contributed by atoms with E-state index < -0.39 is 11.4 Å². The fraction of sp³-hybridized carbons (Fsp3) is 0.778. The maximum Gasteiger partial charge on any atom is 0.311 e. The highest BCUT2D eigenvalue weighted by Crippen LogP contribution is 2.50. The molecule has 0 aromatic heterocycles. The van der Waals surface area contributed by atoms with Gasteiger partial charge in [-0.2, -0.15) is 11.8 Å². The number of carboxylic acids is 1. The van der Waals surface area contributed by atoms with Crippen LogP contribution in [-0.4, -0.2) is 27.9 Å². The summed E-state index contributed by atoms with van der Waals surface area (Å²) >= 11 is 1.72. The molecule has 1 atom stereocenters. The zero-order chi connectivity index (χ0) is 9.47. The summed E-state index contributed by atoms with van der Waals surface area (Å²) in [5.41, 5.74) is -0.696. The minimum atomic E-state index is -0.772. The molecule has 3 nitrogen and oxygen atoms in total. The molecule has 0 aromatic carbocycles. The van der Waals surface area contributed by atoms with Crippen LogP contribution in [0.15, 0.2) is 0 Å². The molecule has 13 heavy (non-hydrogen) atoms. The lowest BCUT2D eigenvalue weighted by molar-refractivity contribution is -0.160. The summed E-state index contributed by atoms with van der Waals surface area (Å²) in [7, 11) is 0. The van der Waals surface area contributed by atoms with Crippen molar-refractivity contribution in [3.8, 4) is 0 Å². The van der Waals surface area contributed by atoms with Gasteiger partial charge in [-0.25, -0.2) is 0 Å². The van der Waals surface area contributed by atoms with Crippen molar-refractivity contribution in [1.29, 1.82) is 0 Å². The Morgan fingerprint density at radius 1 is 1.54 bits per heavy atom. The number of thioether (sulfide) groups is 1. The normalized spacial score (nSPS) is 31.4. The van der Waals surface area contributed by atoms with Crippen molar-refractivity contribution in [3.63, 3.8) is 0 Å². The average Bonchev–Trinajstić information content (AvgIpc) is 2.49. The van der Waals surface area contributed by atoms with Gasteiger partial charge in [0.1, 0.15) is 5.78 Å². The van der Waals surface area contributed by atoms with E-state index in [1.54, 1.807) is 11.8 Å². The number of ketones is 1. The maximum absolute atomic E-state index is 11.1. The second kappa shape index (κ2) is 3.01. The molecule has 1 saturated heterocycles. The Morgan fingerprint density at radius 2 is 2.23 bits per heavy atom. The Hall–Kier alpha value is -0.510. The first-order valence-electron chi connectivity index (χ1n) is 4.52. The fourth-order valence-electron chi connectivity index (χ4n) is 2.18. The molecule has 1 heterocycles. The van der Waals surface area contributed by atoms with Gasteiger partial charge in [-0.05, 0) is 18.6 Å². The average molecular weight is 200 g/mol. The van der Waals surface area contributed by atoms with Crippen LogP contribution in [0, 0.1) is 5.41 Å². The zero-order valence-electron chi connectivity index (χ0n) is 7.28. The van der Waals surface area contributed by atoms with Gasteiger partial charge in [0.25, 0.3) is 0 Å². The minimum Gasteiger partial charge on any atom is -0.481 e. The molecule has 1 aliphatic heterocycles. The lowest BCUT2D eigenvalue weighted by Crippen LogP contribution is -2.50. The fourth-order valence-corrected chi connectivity index (χ4v) is 3.72. The van der Waals surface area contributed by atoms with Crippen molar-refractivity contribution in [2.24, 2.45) is 5.41 Å². The lowest BCUT2D eigenvalue weighted by atomic mass is 9.65. The predicted molar refractivity (Wildman–Crippen MR) is 49.8 cm³/mol. The van der Waals surface area contributed by atoms with Crippen LogP contribution in [0.4, 0.5) is 0 Å². The standard InChI is InChI=1S/C9H12O3S/c10-6-4-9(5-6,8(11)12)7-2-1-3-13-7/h7H,1-5H2,(H,11,12). The highest BCUT2D eigenvalue weighted by Gasteiger charge is 2.56. The number of hydrogen-bond acceptors (Lipinski definition) is 3. The molecule has 0 amide bonds. The van der Waals surface area contributed by atoms with Crippen molar-refractivity contribution < 1.29 is 14.7 Å². The van der Waals surface area contributed by atoms with Gasteiger partial charge in [-0.15, -0.1) is 0 Å². The van der Waals surface area contributed by atoms with E-state index in [-0.39, 0.29) is 23.9 Å². The second-order valence-electron chi connectivity index (χ2n) is 3.86. The van der Waals surface area contributed by atoms with Gasteiger partial charge in [0, 0.05) is 18.1 Å². The van der Waals surface area contributed by atoms with E-state index in [2.05, 4.69) is 0 Å². The Kier molecular flexibility index (Phi) is 2.10. The summed E-state index contributed by atoms with van der Waals surface area (Å²) in [5.74, 6) is 0.384. The van der Waals surface area contributed by atoms with E-state index in [9.17, 15) is 9.59 Å². The van der Waals surface area contributed by atoms with Crippen molar-refractivity contribution in [3.05, 3.63) is 0 Å². The molecule has 0 spiro atoms. The minimum absolute atomic E-state index is 0.106. The lowest BCUT2D eigenvalue weighted by Gasteiger charge is -2.40. The van der Waals surface area contributed by atoms with Crippen LogP contribution in [-0.2, 0) is 9.59 Å². The second-order valence-corrected chi connectivity index (χ2v) is 5.17. The number of Topliss-reactive ketones (excluding diaryl/α,β-unsaturated/α-hetero) is 1. The molecule has 0 radical (unpaired) electrons. The Bertz CT molecular complexity index is 248. The Morgan fingerprint density at radius 3 is 2.62 bits per heavy atom. The molecule has 2 fully saturated rings. The third-order valence-corrected chi connectivity index (χ3v) is 4.61. The first kappa shape index (κ1) is 9.06. The number of hydrogen-bond donors (Lipinski definition) is 1. The van der Waals surface area contributed by atoms with Gasteiger partial charge in [0.15, 0.2) is 0 Å². The largest absolute Gasteiger partial charge is 0.481 e. The topological polar surface area (TPSA) is 54.4 Å². The van der Waals surface area contributed by atoms with E-state index >= 15 is 0 Å². The molecule has 4 heteroatoms. The molecular weight excluding hydrogens is 188 g/mol. The van der Waals surface area contributed by atoms with Crippen molar-refractivity contribution in [2.75, 3.05) is 5.75 Å². The van der Waals surface area contributed by atoms with Crippen LogP contribution in [0.3, 0.4) is 0 Å². The van der Waals surface area contributed by atoms with Crippen molar-refractivity contribution in [1.82, 2.24) is 0 Å². The van der Waals surface area contributed by atoms with Crippen LogP contribution < -0.4 is 0 Å².